The van der Waals surface area contributed by atoms with Gasteiger partial charge in [0.15, 0.2) is 0 Å². The molecule has 2 heterocycles. The zero-order valence-corrected chi connectivity index (χ0v) is 14.1. The summed E-state index contributed by atoms with van der Waals surface area (Å²) in [5, 5.41) is 20.7. The van der Waals surface area contributed by atoms with Gasteiger partial charge in [0.2, 0.25) is 11.6 Å². The van der Waals surface area contributed by atoms with Crippen molar-refractivity contribution < 1.29 is 22.9 Å². The van der Waals surface area contributed by atoms with Gasteiger partial charge in [-0.3, -0.25) is 24.3 Å². The Labute approximate surface area is 145 Å². The Kier molecular flexibility index (Phi) is 5.63. The van der Waals surface area contributed by atoms with Crippen molar-refractivity contribution in [1.29, 1.82) is 0 Å². The maximum Gasteiger partial charge on any atom is 0.442 e. The average Bonchev–Trinajstić information content (AvgIpc) is 3.07. The van der Waals surface area contributed by atoms with E-state index < -0.39 is 34.9 Å². The molecule has 26 heavy (non-hydrogen) atoms. The summed E-state index contributed by atoms with van der Waals surface area (Å²) in [7, 11) is 0. The van der Waals surface area contributed by atoms with Gasteiger partial charge < -0.3 is 5.32 Å². The summed E-state index contributed by atoms with van der Waals surface area (Å²) in [5.41, 5.74) is -2.11. The highest BCUT2D eigenvalue weighted by atomic mass is 19.4. The number of alkyl halides is 3. The molecule has 9 nitrogen and oxygen atoms in total. The van der Waals surface area contributed by atoms with Crippen LogP contribution in [0.25, 0.3) is 0 Å². The van der Waals surface area contributed by atoms with Gasteiger partial charge in [0.05, 0.1) is 4.92 Å². The first-order valence-corrected chi connectivity index (χ1v) is 7.65. The number of nitro groups is 1. The smallest absolute Gasteiger partial charge is 0.354 e. The molecule has 0 radical (unpaired) electrons. The van der Waals surface area contributed by atoms with Gasteiger partial charge in [0.1, 0.15) is 12.2 Å². The molecule has 2 aromatic rings. The van der Waals surface area contributed by atoms with Crippen molar-refractivity contribution in [2.24, 2.45) is 0 Å². The second-order valence-corrected chi connectivity index (χ2v) is 5.59. The fourth-order valence-electron chi connectivity index (χ4n) is 2.38. The van der Waals surface area contributed by atoms with Gasteiger partial charge in [0, 0.05) is 25.0 Å². The third-order valence-electron chi connectivity index (χ3n) is 3.72. The maximum atomic E-state index is 12.9. The number of aryl methyl sites for hydroxylation is 2. The van der Waals surface area contributed by atoms with Gasteiger partial charge >= 0.3 is 11.9 Å². The van der Waals surface area contributed by atoms with E-state index in [1.54, 1.807) is 10.9 Å². The van der Waals surface area contributed by atoms with Crippen LogP contribution >= 0.6 is 0 Å². The highest BCUT2D eigenvalue weighted by Crippen LogP contribution is 2.36. The molecular weight excluding hydrogens is 357 g/mol. The number of carbonyl (C=O) groups excluding carboxylic acids is 1. The van der Waals surface area contributed by atoms with Crippen LogP contribution < -0.4 is 5.32 Å². The number of aromatic nitrogens is 4. The van der Waals surface area contributed by atoms with Gasteiger partial charge in [-0.15, -0.1) is 0 Å². The molecule has 0 spiro atoms. The minimum atomic E-state index is -4.98. The van der Waals surface area contributed by atoms with Crippen molar-refractivity contribution in [3.63, 3.8) is 0 Å². The number of amides is 1. The molecule has 0 unspecified atom stereocenters. The molecule has 0 aliphatic carbocycles. The van der Waals surface area contributed by atoms with Crippen LogP contribution in [0.2, 0.25) is 0 Å². The molecule has 1 N–H and O–H groups in total. The molecule has 0 bridgehead atoms. The molecule has 12 heteroatoms. The summed E-state index contributed by atoms with van der Waals surface area (Å²) < 4.78 is 41.0. The molecule has 0 aromatic carbocycles. The van der Waals surface area contributed by atoms with E-state index in [1.807, 2.05) is 13.0 Å². The van der Waals surface area contributed by atoms with Gasteiger partial charge in [-0.2, -0.15) is 23.4 Å². The van der Waals surface area contributed by atoms with Gasteiger partial charge in [-0.05, 0) is 26.3 Å². The molecule has 2 rings (SSSR count). The van der Waals surface area contributed by atoms with Crippen molar-refractivity contribution in [1.82, 2.24) is 24.9 Å². The van der Waals surface area contributed by atoms with Crippen molar-refractivity contribution in [3.05, 3.63) is 39.5 Å². The van der Waals surface area contributed by atoms with Crippen LogP contribution in [0.15, 0.2) is 12.3 Å². The van der Waals surface area contributed by atoms with E-state index >= 15 is 0 Å². The van der Waals surface area contributed by atoms with Crippen LogP contribution in [0, 0.1) is 24.0 Å². The lowest BCUT2D eigenvalue weighted by Gasteiger charge is -2.07. The molecule has 142 valence electrons. The molecule has 0 aliphatic rings. The summed E-state index contributed by atoms with van der Waals surface area (Å²) >= 11 is 0. The normalized spacial score (nSPS) is 11.6. The molecule has 0 saturated carbocycles. The van der Waals surface area contributed by atoms with Crippen LogP contribution in [0.3, 0.4) is 0 Å². The van der Waals surface area contributed by atoms with Crippen molar-refractivity contribution >= 4 is 11.6 Å². The van der Waals surface area contributed by atoms with E-state index in [9.17, 15) is 28.1 Å². The number of hydrogen-bond acceptors (Lipinski definition) is 5. The first kappa shape index (κ1) is 19.4. The van der Waals surface area contributed by atoms with Crippen LogP contribution in [0.1, 0.15) is 23.5 Å². The molecule has 2 aromatic heterocycles. The Morgan fingerprint density at radius 2 is 2.04 bits per heavy atom. The van der Waals surface area contributed by atoms with Crippen LogP contribution in [-0.4, -0.2) is 36.9 Å². The third-order valence-corrected chi connectivity index (χ3v) is 3.72. The highest BCUT2D eigenvalue weighted by molar-refractivity contribution is 5.75. The Morgan fingerprint density at radius 3 is 2.54 bits per heavy atom. The van der Waals surface area contributed by atoms with Gasteiger partial charge in [-0.1, -0.05) is 0 Å². The standard InChI is InChI=1S/C14H17F3N6O3/c1-9-4-6-19-21(9)7-3-5-18-11(24)8-22-10(2)12(23(25)26)13(20-22)14(15,16)17/h4,6H,3,5,7-8H2,1-2H3,(H,18,24). The van der Waals surface area contributed by atoms with E-state index in [-0.39, 0.29) is 12.2 Å². The fourth-order valence-corrected chi connectivity index (χ4v) is 2.38. The molecule has 0 aliphatic heterocycles. The van der Waals surface area contributed by atoms with Crippen LogP contribution in [0.4, 0.5) is 18.9 Å². The minimum Gasteiger partial charge on any atom is -0.354 e. The van der Waals surface area contributed by atoms with E-state index in [0.29, 0.717) is 17.6 Å². The van der Waals surface area contributed by atoms with E-state index in [0.717, 1.165) is 12.6 Å². The SMILES string of the molecule is Cc1ccnn1CCCNC(=O)Cn1nc(C(F)(F)F)c([N+](=O)[O-])c1C. The molecule has 0 atom stereocenters. The highest BCUT2D eigenvalue weighted by Gasteiger charge is 2.44. The monoisotopic (exact) mass is 374 g/mol. The Hall–Kier alpha value is -2.92. The molecular formula is C14H17F3N6O3. The zero-order valence-electron chi connectivity index (χ0n) is 14.1. The largest absolute Gasteiger partial charge is 0.442 e. The van der Waals surface area contributed by atoms with E-state index in [1.165, 1.54) is 0 Å². The second-order valence-electron chi connectivity index (χ2n) is 5.59. The maximum absolute atomic E-state index is 12.9. The molecule has 0 saturated heterocycles. The summed E-state index contributed by atoms with van der Waals surface area (Å²) in [6.45, 7) is 3.32. The van der Waals surface area contributed by atoms with Crippen LogP contribution in [-0.2, 0) is 24.1 Å². The van der Waals surface area contributed by atoms with Crippen LogP contribution in [0.5, 0.6) is 0 Å². The number of nitrogens with one attached hydrogen (secondary N) is 1. The lowest BCUT2D eigenvalue weighted by Crippen LogP contribution is -2.30. The van der Waals surface area contributed by atoms with Crippen molar-refractivity contribution in [2.75, 3.05) is 6.54 Å². The summed E-state index contributed by atoms with van der Waals surface area (Å²) in [6.07, 6.45) is -2.75. The Bertz CT molecular complexity index is 811. The topological polar surface area (TPSA) is 108 Å². The first-order chi connectivity index (χ1) is 12.1. The lowest BCUT2D eigenvalue weighted by atomic mass is 10.3. The Balaban J connectivity index is 1.96. The van der Waals surface area contributed by atoms with Crippen molar-refractivity contribution in [2.45, 2.75) is 39.5 Å². The second kappa shape index (κ2) is 7.54. The lowest BCUT2D eigenvalue weighted by molar-refractivity contribution is -0.388. The van der Waals surface area contributed by atoms with Gasteiger partial charge in [0.25, 0.3) is 0 Å². The first-order valence-electron chi connectivity index (χ1n) is 7.65. The molecule has 0 fully saturated rings. The number of halogens is 3. The third kappa shape index (κ3) is 4.37. The zero-order chi connectivity index (χ0) is 19.5. The Morgan fingerprint density at radius 1 is 1.35 bits per heavy atom. The summed E-state index contributed by atoms with van der Waals surface area (Å²) in [5.74, 6) is -0.587. The van der Waals surface area contributed by atoms with Crippen molar-refractivity contribution in [3.8, 4) is 0 Å². The number of nitrogens with zero attached hydrogens (tertiary/aromatic N) is 5. The number of rotatable bonds is 7. The quantitative estimate of drug-likeness (QED) is 0.452. The fraction of sp³-hybridized carbons (Fsp3) is 0.500. The predicted molar refractivity (Wildman–Crippen MR) is 83.2 cm³/mol. The molecule has 1 amide bonds. The summed E-state index contributed by atoms with van der Waals surface area (Å²) in [6, 6.07) is 1.84. The van der Waals surface area contributed by atoms with E-state index in [4.69, 9.17) is 0 Å². The average molecular weight is 374 g/mol. The predicted octanol–water partition coefficient (Wildman–Crippen LogP) is 1.83. The van der Waals surface area contributed by atoms with Gasteiger partial charge in [-0.25, -0.2) is 0 Å². The van der Waals surface area contributed by atoms with E-state index in [2.05, 4.69) is 15.5 Å². The minimum absolute atomic E-state index is 0.284. The number of hydrogen-bond donors (Lipinski definition) is 1. The summed E-state index contributed by atoms with van der Waals surface area (Å²) in [4.78, 5) is 21.6. The number of carbonyl (C=O) groups is 1.